The highest BCUT2D eigenvalue weighted by molar-refractivity contribution is 6.69. The molecule has 0 radical (unpaired) electrons. The van der Waals surface area contributed by atoms with Crippen LogP contribution in [0, 0.1) is 18.2 Å². The van der Waals surface area contributed by atoms with Crippen molar-refractivity contribution in [3.8, 4) is 18.1 Å². The molecule has 0 spiro atoms. The number of aliphatic imine (C=N–C) groups is 1. The van der Waals surface area contributed by atoms with Gasteiger partial charge in [-0.25, -0.2) is 9.38 Å². The van der Waals surface area contributed by atoms with Crippen molar-refractivity contribution in [2.24, 2.45) is 4.99 Å². The average Bonchev–Trinajstić information content (AvgIpc) is 2.30. The van der Waals surface area contributed by atoms with Crippen LogP contribution >= 0.6 is 34.8 Å². The first kappa shape index (κ1) is 14.1. The van der Waals surface area contributed by atoms with E-state index in [9.17, 15) is 4.39 Å². The van der Waals surface area contributed by atoms with Crippen molar-refractivity contribution in [3.05, 3.63) is 23.0 Å². The Morgan fingerprint density at radius 1 is 1.53 bits per heavy atom. The zero-order valence-electron chi connectivity index (χ0n) is 8.51. The predicted octanol–water partition coefficient (Wildman–Crippen LogP) is 4.00. The van der Waals surface area contributed by atoms with Crippen LogP contribution in [-0.2, 0) is 0 Å². The summed E-state index contributed by atoms with van der Waals surface area (Å²) in [5, 5.41) is 0.175. The number of hydrogen-bond donors (Lipinski definition) is 0. The monoisotopic (exact) mass is 293 g/mol. The Kier molecular flexibility index (Phi) is 5.57. The van der Waals surface area contributed by atoms with Crippen LogP contribution in [0.5, 0.6) is 5.75 Å². The van der Waals surface area contributed by atoms with Gasteiger partial charge in [-0.15, -0.1) is 18.0 Å². The zero-order chi connectivity index (χ0) is 12.8. The number of rotatable bonds is 4. The highest BCUT2D eigenvalue weighted by atomic mass is 35.5. The van der Waals surface area contributed by atoms with Gasteiger partial charge in [0, 0.05) is 6.07 Å². The van der Waals surface area contributed by atoms with E-state index in [2.05, 4.69) is 10.9 Å². The molecule has 2 nitrogen and oxygen atoms in total. The summed E-state index contributed by atoms with van der Waals surface area (Å²) < 4.78 is 18.6. The van der Waals surface area contributed by atoms with Crippen LogP contribution in [0.2, 0.25) is 5.02 Å². The Labute approximate surface area is 113 Å². The van der Waals surface area contributed by atoms with Gasteiger partial charge < -0.3 is 4.74 Å². The van der Waals surface area contributed by atoms with Crippen molar-refractivity contribution in [2.45, 2.75) is 0 Å². The average molecular weight is 295 g/mol. The molecule has 0 aliphatic carbocycles. The number of halogens is 4. The Morgan fingerprint density at radius 3 is 2.82 bits per heavy atom. The van der Waals surface area contributed by atoms with E-state index in [0.717, 1.165) is 6.07 Å². The summed E-state index contributed by atoms with van der Waals surface area (Å²) in [5.41, 5.74) is -0.00734. The number of ether oxygens (including phenoxy) is 1. The minimum Gasteiger partial charge on any atom is -0.479 e. The Morgan fingerprint density at radius 2 is 2.24 bits per heavy atom. The van der Waals surface area contributed by atoms with Gasteiger partial charge in [-0.05, 0) is 6.07 Å². The number of nitrogens with zero attached hydrogens (tertiary/aromatic N) is 1. The topological polar surface area (TPSA) is 21.6 Å². The molecule has 0 N–H and O–H groups in total. The summed E-state index contributed by atoms with van der Waals surface area (Å²) in [6, 6.07) is 2.38. The first-order valence-electron chi connectivity index (χ1n) is 4.42. The van der Waals surface area contributed by atoms with Crippen LogP contribution in [0.25, 0.3) is 0 Å². The van der Waals surface area contributed by atoms with E-state index in [-0.39, 0.29) is 34.1 Å². The lowest BCUT2D eigenvalue weighted by Gasteiger charge is -2.06. The molecule has 0 aliphatic rings. The minimum atomic E-state index is -0.619. The third-order valence-electron chi connectivity index (χ3n) is 1.66. The van der Waals surface area contributed by atoms with Gasteiger partial charge in [-0.2, -0.15) is 0 Å². The van der Waals surface area contributed by atoms with Crippen LogP contribution in [-0.4, -0.2) is 17.7 Å². The summed E-state index contributed by atoms with van der Waals surface area (Å²) in [7, 11) is 0. The molecule has 6 heteroatoms. The van der Waals surface area contributed by atoms with E-state index < -0.39 is 5.82 Å². The molecule has 1 aromatic rings. The van der Waals surface area contributed by atoms with E-state index in [1.165, 1.54) is 6.07 Å². The summed E-state index contributed by atoms with van der Waals surface area (Å²) in [5.74, 6) is 1.88. The standard InChI is InChI=1S/C11H7Cl3FNO/c1-2-3-17-10-5-9(16-11(14)6-12)8(15)4-7(10)13/h1,4-5H,3,6H2. The lowest BCUT2D eigenvalue weighted by molar-refractivity contribution is 0.370. The number of hydrogen-bond acceptors (Lipinski definition) is 2. The molecule has 0 aliphatic heterocycles. The fourth-order valence-corrected chi connectivity index (χ4v) is 1.35. The lowest BCUT2D eigenvalue weighted by Crippen LogP contribution is -1.95. The quantitative estimate of drug-likeness (QED) is 0.467. The van der Waals surface area contributed by atoms with Crippen molar-refractivity contribution in [1.82, 2.24) is 0 Å². The number of terminal acetylenes is 1. The molecule has 0 saturated carbocycles. The maximum atomic E-state index is 13.5. The van der Waals surface area contributed by atoms with Crippen LogP contribution in [0.4, 0.5) is 10.1 Å². The number of benzene rings is 1. The third-order valence-corrected chi connectivity index (χ3v) is 2.57. The van der Waals surface area contributed by atoms with Crippen molar-refractivity contribution >= 4 is 45.7 Å². The van der Waals surface area contributed by atoms with Crippen LogP contribution in [0.3, 0.4) is 0 Å². The second kappa shape index (κ2) is 6.70. The molecule has 0 atom stereocenters. The lowest BCUT2D eigenvalue weighted by atomic mass is 10.3. The Bertz CT molecular complexity index is 482. The van der Waals surface area contributed by atoms with Gasteiger partial charge in [0.2, 0.25) is 0 Å². The summed E-state index contributed by atoms with van der Waals surface area (Å²) in [4.78, 5) is 3.77. The smallest absolute Gasteiger partial charge is 0.150 e. The van der Waals surface area contributed by atoms with Crippen LogP contribution in [0.15, 0.2) is 17.1 Å². The molecule has 1 rings (SSSR count). The minimum absolute atomic E-state index is 0.00734. The van der Waals surface area contributed by atoms with Gasteiger partial charge in [0.25, 0.3) is 0 Å². The number of alkyl halides is 1. The van der Waals surface area contributed by atoms with E-state index in [1.807, 2.05) is 0 Å². The molecule has 0 amide bonds. The van der Waals surface area contributed by atoms with Crippen molar-refractivity contribution in [2.75, 3.05) is 12.5 Å². The molecular formula is C11H7Cl3FNO. The molecule has 17 heavy (non-hydrogen) atoms. The molecule has 0 aromatic heterocycles. The van der Waals surface area contributed by atoms with Crippen molar-refractivity contribution in [1.29, 1.82) is 0 Å². The highest BCUT2D eigenvalue weighted by Crippen LogP contribution is 2.32. The van der Waals surface area contributed by atoms with Gasteiger partial charge >= 0.3 is 0 Å². The van der Waals surface area contributed by atoms with E-state index in [1.54, 1.807) is 0 Å². The van der Waals surface area contributed by atoms with Crippen LogP contribution in [0.1, 0.15) is 0 Å². The van der Waals surface area contributed by atoms with Gasteiger partial charge in [0.1, 0.15) is 23.2 Å². The van der Waals surface area contributed by atoms with Crippen molar-refractivity contribution in [3.63, 3.8) is 0 Å². The summed E-state index contributed by atoms with van der Waals surface area (Å²) >= 11 is 16.8. The molecular weight excluding hydrogens is 287 g/mol. The zero-order valence-corrected chi connectivity index (χ0v) is 10.8. The highest BCUT2D eigenvalue weighted by Gasteiger charge is 2.09. The van der Waals surface area contributed by atoms with E-state index in [4.69, 9.17) is 46.0 Å². The second-order valence-corrected chi connectivity index (χ2v) is 3.96. The van der Waals surface area contributed by atoms with Gasteiger partial charge in [-0.1, -0.05) is 29.1 Å². The first-order chi connectivity index (χ1) is 8.08. The third kappa shape index (κ3) is 4.08. The van der Waals surface area contributed by atoms with Gasteiger partial charge in [0.15, 0.2) is 5.82 Å². The fourth-order valence-electron chi connectivity index (χ4n) is 0.995. The molecule has 0 heterocycles. The first-order valence-corrected chi connectivity index (χ1v) is 5.72. The Hall–Kier alpha value is -0.950. The van der Waals surface area contributed by atoms with E-state index >= 15 is 0 Å². The van der Waals surface area contributed by atoms with Crippen LogP contribution < -0.4 is 4.74 Å². The normalized spacial score (nSPS) is 11.1. The summed E-state index contributed by atoms with van der Waals surface area (Å²) in [6.07, 6.45) is 5.04. The summed E-state index contributed by atoms with van der Waals surface area (Å²) in [6.45, 7) is 0.0255. The van der Waals surface area contributed by atoms with E-state index in [0.29, 0.717) is 0 Å². The predicted molar refractivity (Wildman–Crippen MR) is 69.4 cm³/mol. The maximum absolute atomic E-state index is 13.5. The molecule has 0 saturated heterocycles. The maximum Gasteiger partial charge on any atom is 0.150 e. The largest absolute Gasteiger partial charge is 0.479 e. The SMILES string of the molecule is C#CCOc1cc(N=C(Cl)CCl)c(F)cc1Cl. The van der Waals surface area contributed by atoms with Gasteiger partial charge in [0.05, 0.1) is 10.9 Å². The second-order valence-electron chi connectivity index (χ2n) is 2.85. The molecule has 90 valence electrons. The fraction of sp³-hybridized carbons (Fsp3) is 0.182. The van der Waals surface area contributed by atoms with Gasteiger partial charge in [-0.3, -0.25) is 0 Å². The molecule has 0 unspecified atom stereocenters. The van der Waals surface area contributed by atoms with Crippen molar-refractivity contribution < 1.29 is 9.13 Å². The molecule has 0 bridgehead atoms. The Balaban J connectivity index is 3.11. The molecule has 1 aromatic carbocycles. The molecule has 0 fully saturated rings.